The molecule has 0 unspecified atom stereocenters. The zero-order valence-electron chi connectivity index (χ0n) is 5.92. The number of hydrogen-bond donors (Lipinski definition) is 1. The third-order valence-corrected chi connectivity index (χ3v) is 0.987. The molecule has 0 aliphatic carbocycles. The first-order valence-corrected chi connectivity index (χ1v) is 2.91. The molecule has 0 aromatic carbocycles. The van der Waals surface area contributed by atoms with Crippen LogP contribution in [0, 0.1) is 5.92 Å². The molecular formula is C7H13NO. The molecule has 0 aliphatic rings. The van der Waals surface area contributed by atoms with Gasteiger partial charge in [0.15, 0.2) is 0 Å². The largest absolute Gasteiger partial charge is 0.416 e. The van der Waals surface area contributed by atoms with E-state index < -0.39 is 0 Å². The van der Waals surface area contributed by atoms with Gasteiger partial charge in [-0.05, 0) is 6.08 Å². The summed E-state index contributed by atoms with van der Waals surface area (Å²) in [7, 11) is 0. The second kappa shape index (κ2) is 4.15. The zero-order chi connectivity index (χ0) is 7.28. The highest BCUT2D eigenvalue weighted by Gasteiger charge is 1.99. The molecule has 0 radical (unpaired) electrons. The monoisotopic (exact) mass is 127 g/mol. The Labute approximate surface area is 56.0 Å². The van der Waals surface area contributed by atoms with Crippen LogP contribution in [-0.4, -0.2) is 0 Å². The maximum Gasteiger partial charge on any atom is 0.126 e. The Kier molecular flexibility index (Phi) is 3.80. The van der Waals surface area contributed by atoms with Crippen molar-refractivity contribution in [1.29, 1.82) is 0 Å². The minimum Gasteiger partial charge on any atom is -0.416 e. The number of nitrogens with two attached hydrogens (primary N) is 1. The van der Waals surface area contributed by atoms with E-state index in [0.29, 0.717) is 5.92 Å². The molecule has 0 rings (SSSR count). The van der Waals surface area contributed by atoms with E-state index in [4.69, 9.17) is 5.90 Å². The summed E-state index contributed by atoms with van der Waals surface area (Å²) in [5, 5.41) is 0. The van der Waals surface area contributed by atoms with Gasteiger partial charge in [0.25, 0.3) is 0 Å². The van der Waals surface area contributed by atoms with Crippen LogP contribution in [0.5, 0.6) is 0 Å². The van der Waals surface area contributed by atoms with Gasteiger partial charge in [0.1, 0.15) is 5.76 Å². The van der Waals surface area contributed by atoms with Gasteiger partial charge in [0.2, 0.25) is 0 Å². The van der Waals surface area contributed by atoms with Crippen LogP contribution in [-0.2, 0) is 4.84 Å². The van der Waals surface area contributed by atoms with Crippen molar-refractivity contribution in [3.8, 4) is 0 Å². The van der Waals surface area contributed by atoms with Crippen molar-refractivity contribution in [3.63, 3.8) is 0 Å². The summed E-state index contributed by atoms with van der Waals surface area (Å²) in [5.74, 6) is 6.03. The first kappa shape index (κ1) is 8.24. The van der Waals surface area contributed by atoms with Gasteiger partial charge < -0.3 is 4.84 Å². The Morgan fingerprint density at radius 2 is 2.22 bits per heavy atom. The molecule has 9 heavy (non-hydrogen) atoms. The Hall–Kier alpha value is -0.760. The fraction of sp³-hybridized carbons (Fsp3) is 0.429. The predicted octanol–water partition coefficient (Wildman–Crippen LogP) is 1.60. The van der Waals surface area contributed by atoms with Crippen molar-refractivity contribution in [2.45, 2.75) is 13.8 Å². The molecule has 0 saturated heterocycles. The van der Waals surface area contributed by atoms with Crippen molar-refractivity contribution in [1.82, 2.24) is 0 Å². The summed E-state index contributed by atoms with van der Waals surface area (Å²) < 4.78 is 0. The Balaban J connectivity index is 3.96. The quantitative estimate of drug-likeness (QED) is 0.355. The van der Waals surface area contributed by atoms with Gasteiger partial charge in [-0.15, -0.1) is 0 Å². The van der Waals surface area contributed by atoms with Crippen LogP contribution in [0.3, 0.4) is 0 Å². The van der Waals surface area contributed by atoms with Gasteiger partial charge in [0, 0.05) is 5.92 Å². The number of hydrogen-bond acceptors (Lipinski definition) is 2. The van der Waals surface area contributed by atoms with Crippen LogP contribution in [0.1, 0.15) is 13.8 Å². The van der Waals surface area contributed by atoms with E-state index in [9.17, 15) is 0 Å². The molecule has 0 spiro atoms. The second-order valence-corrected chi connectivity index (χ2v) is 2.08. The van der Waals surface area contributed by atoms with E-state index in [1.807, 2.05) is 13.8 Å². The second-order valence-electron chi connectivity index (χ2n) is 2.08. The van der Waals surface area contributed by atoms with E-state index in [1.54, 1.807) is 12.2 Å². The third-order valence-electron chi connectivity index (χ3n) is 0.987. The standard InChI is InChI=1S/C7H13NO/c1-4-5-7(9-8)6(2)3/h4-6H,1,8H2,2-3H3/b7-5-. The maximum atomic E-state index is 4.94. The van der Waals surface area contributed by atoms with Crippen LogP contribution in [0.15, 0.2) is 24.5 Å². The lowest BCUT2D eigenvalue weighted by atomic mass is 10.2. The van der Waals surface area contributed by atoms with E-state index in [1.165, 1.54) is 0 Å². The van der Waals surface area contributed by atoms with Crippen molar-refractivity contribution >= 4 is 0 Å². The average molecular weight is 127 g/mol. The molecule has 2 heteroatoms. The third kappa shape index (κ3) is 2.93. The Bertz CT molecular complexity index is 116. The first-order valence-electron chi connectivity index (χ1n) is 2.91. The molecule has 2 nitrogen and oxygen atoms in total. The molecule has 0 fully saturated rings. The van der Waals surface area contributed by atoms with Crippen LogP contribution < -0.4 is 5.90 Å². The topological polar surface area (TPSA) is 35.2 Å². The number of rotatable bonds is 3. The van der Waals surface area contributed by atoms with E-state index in [2.05, 4.69) is 11.4 Å². The molecule has 0 atom stereocenters. The molecule has 0 saturated carbocycles. The van der Waals surface area contributed by atoms with Gasteiger partial charge in [0.05, 0.1) is 0 Å². The Morgan fingerprint density at radius 1 is 1.67 bits per heavy atom. The van der Waals surface area contributed by atoms with Crippen molar-refractivity contribution < 1.29 is 4.84 Å². The van der Waals surface area contributed by atoms with Crippen LogP contribution in [0.2, 0.25) is 0 Å². The van der Waals surface area contributed by atoms with Crippen LogP contribution >= 0.6 is 0 Å². The van der Waals surface area contributed by atoms with E-state index in [-0.39, 0.29) is 0 Å². The fourth-order valence-corrected chi connectivity index (χ4v) is 0.484. The predicted molar refractivity (Wildman–Crippen MR) is 38.4 cm³/mol. The van der Waals surface area contributed by atoms with Gasteiger partial charge in [-0.3, -0.25) is 0 Å². The van der Waals surface area contributed by atoms with Gasteiger partial charge in [-0.2, -0.15) is 5.90 Å². The molecular weight excluding hydrogens is 114 g/mol. The lowest BCUT2D eigenvalue weighted by Crippen LogP contribution is -2.04. The molecule has 0 bridgehead atoms. The molecule has 0 heterocycles. The van der Waals surface area contributed by atoms with Crippen molar-refractivity contribution in [2.24, 2.45) is 11.8 Å². The molecule has 2 N–H and O–H groups in total. The minimum absolute atomic E-state index is 0.327. The first-order chi connectivity index (χ1) is 4.22. The zero-order valence-corrected chi connectivity index (χ0v) is 5.92. The summed E-state index contributed by atoms with van der Waals surface area (Å²) in [4.78, 5) is 4.54. The summed E-state index contributed by atoms with van der Waals surface area (Å²) in [6.07, 6.45) is 3.41. The molecule has 0 aromatic heterocycles. The van der Waals surface area contributed by atoms with E-state index in [0.717, 1.165) is 5.76 Å². The lowest BCUT2D eigenvalue weighted by molar-refractivity contribution is 0.191. The van der Waals surface area contributed by atoms with Crippen LogP contribution in [0.25, 0.3) is 0 Å². The number of allylic oxidation sites excluding steroid dienone is 3. The average Bonchev–Trinajstić information content (AvgIpc) is 1.82. The summed E-state index contributed by atoms with van der Waals surface area (Å²) >= 11 is 0. The van der Waals surface area contributed by atoms with Crippen molar-refractivity contribution in [3.05, 3.63) is 24.5 Å². The smallest absolute Gasteiger partial charge is 0.126 e. The minimum atomic E-state index is 0.327. The summed E-state index contributed by atoms with van der Waals surface area (Å²) in [6.45, 7) is 7.52. The fourth-order valence-electron chi connectivity index (χ4n) is 0.484. The van der Waals surface area contributed by atoms with Gasteiger partial charge in [-0.25, -0.2) is 0 Å². The van der Waals surface area contributed by atoms with E-state index >= 15 is 0 Å². The van der Waals surface area contributed by atoms with Gasteiger partial charge in [-0.1, -0.05) is 26.5 Å². The summed E-state index contributed by atoms with van der Waals surface area (Å²) in [5.41, 5.74) is 0. The van der Waals surface area contributed by atoms with Crippen molar-refractivity contribution in [2.75, 3.05) is 0 Å². The molecule has 0 amide bonds. The molecule has 0 aliphatic heterocycles. The summed E-state index contributed by atoms with van der Waals surface area (Å²) in [6, 6.07) is 0. The molecule has 52 valence electrons. The van der Waals surface area contributed by atoms with Crippen LogP contribution in [0.4, 0.5) is 0 Å². The SMILES string of the molecule is C=C/C=C(\ON)C(C)C. The highest BCUT2D eigenvalue weighted by Crippen LogP contribution is 2.07. The Morgan fingerprint density at radius 3 is 2.33 bits per heavy atom. The molecule has 0 aromatic rings. The normalized spacial score (nSPS) is 11.8. The maximum absolute atomic E-state index is 4.94. The van der Waals surface area contributed by atoms with Gasteiger partial charge >= 0.3 is 0 Å². The highest BCUT2D eigenvalue weighted by atomic mass is 16.6. The highest BCUT2D eigenvalue weighted by molar-refractivity contribution is 5.05. The lowest BCUT2D eigenvalue weighted by Gasteiger charge is -2.05.